The van der Waals surface area contributed by atoms with Crippen LogP contribution in [0.3, 0.4) is 0 Å². The molecule has 0 radical (unpaired) electrons. The first-order valence-electron chi connectivity index (χ1n) is 7.29. The van der Waals surface area contributed by atoms with Gasteiger partial charge in [0.05, 0.1) is 12.5 Å². The molecule has 0 aliphatic carbocycles. The molecule has 1 aliphatic rings. The van der Waals surface area contributed by atoms with Crippen LogP contribution in [0, 0.1) is 5.92 Å². The first-order chi connectivity index (χ1) is 10.2. The van der Waals surface area contributed by atoms with Gasteiger partial charge < -0.3 is 15.0 Å². The molecule has 1 atom stereocenters. The molecule has 1 N–H and O–H groups in total. The van der Waals surface area contributed by atoms with Gasteiger partial charge in [-0.25, -0.2) is 4.79 Å². The van der Waals surface area contributed by atoms with E-state index in [1.165, 1.54) is 0 Å². The number of likely N-dealkylation sites (tertiary alicyclic amines) is 1. The molecule has 0 saturated carbocycles. The molecule has 21 heavy (non-hydrogen) atoms. The summed E-state index contributed by atoms with van der Waals surface area (Å²) in [7, 11) is 0. The topological polar surface area (TPSA) is 71.5 Å². The van der Waals surface area contributed by atoms with Crippen LogP contribution >= 0.6 is 0 Å². The average Bonchev–Trinajstić information content (AvgIpc) is 2.54. The Hall–Kier alpha value is -2.11. The summed E-state index contributed by atoms with van der Waals surface area (Å²) in [5.41, 5.74) is 0.949. The fourth-order valence-corrected chi connectivity index (χ4v) is 2.41. The number of pyridine rings is 1. The van der Waals surface area contributed by atoms with Crippen LogP contribution in [-0.4, -0.2) is 41.6 Å². The van der Waals surface area contributed by atoms with Crippen LogP contribution in [0.5, 0.6) is 0 Å². The monoisotopic (exact) mass is 291 g/mol. The molecule has 2 rings (SSSR count). The third-order valence-corrected chi connectivity index (χ3v) is 3.50. The van der Waals surface area contributed by atoms with Gasteiger partial charge in [-0.3, -0.25) is 9.78 Å². The second-order valence-electron chi connectivity index (χ2n) is 5.06. The maximum Gasteiger partial charge on any atom is 0.317 e. The number of carbonyl (C=O) groups excluding carboxylic acids is 2. The number of rotatable bonds is 4. The third-order valence-electron chi connectivity index (χ3n) is 3.50. The number of piperidine rings is 1. The number of nitrogens with one attached hydrogen (secondary N) is 1. The summed E-state index contributed by atoms with van der Waals surface area (Å²) < 4.78 is 5.03. The third kappa shape index (κ3) is 4.44. The minimum atomic E-state index is -0.206. The number of carbonyl (C=O) groups is 2. The van der Waals surface area contributed by atoms with E-state index in [0.29, 0.717) is 26.2 Å². The zero-order valence-electron chi connectivity index (χ0n) is 12.2. The molecule has 0 aromatic carbocycles. The van der Waals surface area contributed by atoms with Gasteiger partial charge in [0, 0.05) is 32.0 Å². The van der Waals surface area contributed by atoms with Crippen molar-refractivity contribution in [1.82, 2.24) is 15.2 Å². The van der Waals surface area contributed by atoms with Gasteiger partial charge in [-0.1, -0.05) is 6.07 Å². The van der Waals surface area contributed by atoms with Crippen LogP contribution in [0.15, 0.2) is 24.5 Å². The zero-order valence-corrected chi connectivity index (χ0v) is 12.2. The van der Waals surface area contributed by atoms with Gasteiger partial charge in [0.25, 0.3) is 0 Å². The van der Waals surface area contributed by atoms with Crippen molar-refractivity contribution in [3.63, 3.8) is 0 Å². The first-order valence-corrected chi connectivity index (χ1v) is 7.29. The van der Waals surface area contributed by atoms with Crippen LogP contribution < -0.4 is 5.32 Å². The largest absolute Gasteiger partial charge is 0.466 e. The summed E-state index contributed by atoms with van der Waals surface area (Å²) in [5.74, 6) is -0.412. The SMILES string of the molecule is CCOC(=O)C1CCCN(C(=O)NCc2cccnc2)C1. The number of ether oxygens (including phenoxy) is 1. The molecule has 114 valence electrons. The molecule has 2 heterocycles. The highest BCUT2D eigenvalue weighted by atomic mass is 16.5. The molecule has 1 saturated heterocycles. The van der Waals surface area contributed by atoms with Crippen molar-refractivity contribution in [3.05, 3.63) is 30.1 Å². The minimum Gasteiger partial charge on any atom is -0.466 e. The van der Waals surface area contributed by atoms with Crippen molar-refractivity contribution in [1.29, 1.82) is 0 Å². The lowest BCUT2D eigenvalue weighted by molar-refractivity contribution is -0.149. The Labute approximate surface area is 124 Å². The Balaban J connectivity index is 1.83. The summed E-state index contributed by atoms with van der Waals surface area (Å²) in [6, 6.07) is 3.59. The molecule has 6 heteroatoms. The van der Waals surface area contributed by atoms with Crippen LogP contribution in [0.2, 0.25) is 0 Å². The summed E-state index contributed by atoms with van der Waals surface area (Å²) in [6.45, 7) is 3.71. The molecule has 6 nitrogen and oxygen atoms in total. The van der Waals surface area contributed by atoms with Crippen molar-refractivity contribution < 1.29 is 14.3 Å². The quantitative estimate of drug-likeness (QED) is 0.855. The van der Waals surface area contributed by atoms with Gasteiger partial charge in [-0.15, -0.1) is 0 Å². The van der Waals surface area contributed by atoms with Crippen LogP contribution in [0.4, 0.5) is 4.79 Å². The Bertz CT molecular complexity index is 478. The molecule has 1 unspecified atom stereocenters. The Morgan fingerprint density at radius 1 is 1.52 bits per heavy atom. The van der Waals surface area contributed by atoms with E-state index in [0.717, 1.165) is 18.4 Å². The summed E-state index contributed by atoms with van der Waals surface area (Å²) in [6.07, 6.45) is 5.02. The molecule has 1 aromatic heterocycles. The van der Waals surface area contributed by atoms with E-state index in [9.17, 15) is 9.59 Å². The van der Waals surface area contributed by atoms with Gasteiger partial charge in [0.15, 0.2) is 0 Å². The van der Waals surface area contributed by atoms with Gasteiger partial charge in [-0.2, -0.15) is 0 Å². The minimum absolute atomic E-state index is 0.146. The van der Waals surface area contributed by atoms with Gasteiger partial charge in [-0.05, 0) is 31.4 Å². The Kier molecular flexibility index (Phi) is 5.54. The molecule has 0 spiro atoms. The zero-order chi connectivity index (χ0) is 15.1. The smallest absolute Gasteiger partial charge is 0.317 e. The summed E-state index contributed by atoms with van der Waals surface area (Å²) in [5, 5.41) is 2.86. The number of hydrogen-bond donors (Lipinski definition) is 1. The lowest BCUT2D eigenvalue weighted by atomic mass is 9.98. The molecular formula is C15H21N3O3. The number of amides is 2. The predicted octanol–water partition coefficient (Wildman–Crippen LogP) is 1.57. The molecular weight excluding hydrogens is 270 g/mol. The van der Waals surface area contributed by atoms with E-state index < -0.39 is 0 Å². The van der Waals surface area contributed by atoms with Crippen molar-refractivity contribution in [2.45, 2.75) is 26.3 Å². The highest BCUT2D eigenvalue weighted by Crippen LogP contribution is 2.18. The van der Waals surface area contributed by atoms with E-state index in [-0.39, 0.29) is 17.9 Å². The lowest BCUT2D eigenvalue weighted by Crippen LogP contribution is -2.47. The number of hydrogen-bond acceptors (Lipinski definition) is 4. The van der Waals surface area contributed by atoms with E-state index in [1.807, 2.05) is 12.1 Å². The van der Waals surface area contributed by atoms with Crippen LogP contribution in [0.1, 0.15) is 25.3 Å². The molecule has 0 bridgehead atoms. The maximum atomic E-state index is 12.1. The fraction of sp³-hybridized carbons (Fsp3) is 0.533. The number of aromatic nitrogens is 1. The molecule has 2 amide bonds. The summed E-state index contributed by atoms with van der Waals surface area (Å²) in [4.78, 5) is 29.6. The normalized spacial score (nSPS) is 18.1. The van der Waals surface area contributed by atoms with E-state index in [2.05, 4.69) is 10.3 Å². The number of esters is 1. The van der Waals surface area contributed by atoms with Gasteiger partial charge in [0.1, 0.15) is 0 Å². The fourth-order valence-electron chi connectivity index (χ4n) is 2.41. The standard InChI is InChI=1S/C15H21N3O3/c1-2-21-14(19)13-6-4-8-18(11-13)15(20)17-10-12-5-3-7-16-9-12/h3,5,7,9,13H,2,4,6,8,10-11H2,1H3,(H,17,20). The molecule has 1 aliphatic heterocycles. The van der Waals surface area contributed by atoms with E-state index in [4.69, 9.17) is 4.74 Å². The highest BCUT2D eigenvalue weighted by Gasteiger charge is 2.29. The lowest BCUT2D eigenvalue weighted by Gasteiger charge is -2.31. The van der Waals surface area contributed by atoms with Crippen molar-refractivity contribution in [3.8, 4) is 0 Å². The van der Waals surface area contributed by atoms with Gasteiger partial charge >= 0.3 is 12.0 Å². The predicted molar refractivity (Wildman–Crippen MR) is 77.4 cm³/mol. The number of nitrogens with zero attached hydrogens (tertiary/aromatic N) is 2. The van der Waals surface area contributed by atoms with Crippen molar-refractivity contribution in [2.75, 3.05) is 19.7 Å². The Morgan fingerprint density at radius 2 is 2.38 bits per heavy atom. The second-order valence-corrected chi connectivity index (χ2v) is 5.06. The number of urea groups is 1. The first kappa shape index (κ1) is 15.3. The molecule has 1 aromatic rings. The van der Waals surface area contributed by atoms with E-state index >= 15 is 0 Å². The second kappa shape index (κ2) is 7.61. The van der Waals surface area contributed by atoms with Crippen LogP contribution in [0.25, 0.3) is 0 Å². The maximum absolute atomic E-state index is 12.1. The Morgan fingerprint density at radius 3 is 3.10 bits per heavy atom. The van der Waals surface area contributed by atoms with E-state index in [1.54, 1.807) is 24.2 Å². The van der Waals surface area contributed by atoms with Crippen molar-refractivity contribution >= 4 is 12.0 Å². The van der Waals surface area contributed by atoms with Crippen LogP contribution in [-0.2, 0) is 16.1 Å². The molecule has 1 fully saturated rings. The van der Waals surface area contributed by atoms with Crippen molar-refractivity contribution in [2.24, 2.45) is 5.92 Å². The highest BCUT2D eigenvalue weighted by molar-refractivity contribution is 5.77. The summed E-state index contributed by atoms with van der Waals surface area (Å²) >= 11 is 0. The van der Waals surface area contributed by atoms with Gasteiger partial charge in [0.2, 0.25) is 0 Å². The average molecular weight is 291 g/mol.